The lowest BCUT2D eigenvalue weighted by Crippen LogP contribution is -2.27. The second kappa shape index (κ2) is 9.81. The van der Waals surface area contributed by atoms with Gasteiger partial charge in [-0.05, 0) is 41.0 Å². The van der Waals surface area contributed by atoms with Gasteiger partial charge in [-0.25, -0.2) is 0 Å². The molecule has 0 aromatic heterocycles. The number of anilines is 1. The Morgan fingerprint density at radius 1 is 1.03 bits per heavy atom. The summed E-state index contributed by atoms with van der Waals surface area (Å²) in [6.45, 7) is 1.08. The summed E-state index contributed by atoms with van der Waals surface area (Å²) in [6.07, 6.45) is 0. The maximum absolute atomic E-state index is 12.7. The van der Waals surface area contributed by atoms with E-state index in [2.05, 4.69) is 5.32 Å². The van der Waals surface area contributed by atoms with E-state index in [1.807, 2.05) is 83.8 Å². The van der Waals surface area contributed by atoms with Gasteiger partial charge in [0.25, 0.3) is 5.91 Å². The number of benzene rings is 3. The van der Waals surface area contributed by atoms with Crippen molar-refractivity contribution in [1.29, 1.82) is 0 Å². The molecule has 1 heterocycles. The Morgan fingerprint density at radius 3 is 2.52 bits per heavy atom. The topological polar surface area (TPSA) is 58.6 Å². The molecule has 31 heavy (non-hydrogen) atoms. The average Bonchev–Trinajstić information content (AvgIpc) is 3.15. The fourth-order valence-corrected chi connectivity index (χ4v) is 4.78. The molecule has 1 saturated heterocycles. The van der Waals surface area contributed by atoms with Gasteiger partial charge in [0.15, 0.2) is 0 Å². The predicted molar refractivity (Wildman–Crippen MR) is 124 cm³/mol. The fraction of sp³-hybridized carbons (Fsp3) is 0.200. The SMILES string of the molecule is COCc1cccc(NC(=O)c2ccc(C3SCC(=O)N3Cc3ccccc3)cc2)c1. The Balaban J connectivity index is 1.45. The Kier molecular flexibility index (Phi) is 6.70. The Bertz CT molecular complexity index is 1050. The van der Waals surface area contributed by atoms with E-state index in [-0.39, 0.29) is 17.2 Å². The molecule has 1 fully saturated rings. The summed E-state index contributed by atoms with van der Waals surface area (Å²) in [6, 6.07) is 25.1. The van der Waals surface area contributed by atoms with Gasteiger partial charge >= 0.3 is 0 Å². The maximum atomic E-state index is 12.7. The lowest BCUT2D eigenvalue weighted by molar-refractivity contribution is -0.128. The zero-order valence-corrected chi connectivity index (χ0v) is 18.1. The molecule has 0 saturated carbocycles. The molecule has 1 aliphatic rings. The van der Waals surface area contributed by atoms with Gasteiger partial charge in [-0.1, -0.05) is 54.6 Å². The number of carbonyl (C=O) groups is 2. The molecule has 0 radical (unpaired) electrons. The number of ether oxygens (including phenoxy) is 1. The van der Waals surface area contributed by atoms with Gasteiger partial charge in [0.1, 0.15) is 5.37 Å². The van der Waals surface area contributed by atoms with E-state index >= 15 is 0 Å². The van der Waals surface area contributed by atoms with Crippen LogP contribution in [-0.2, 0) is 22.7 Å². The number of carbonyl (C=O) groups excluding carboxylic acids is 2. The molecule has 1 aliphatic heterocycles. The number of thioether (sulfide) groups is 1. The van der Waals surface area contributed by atoms with Crippen molar-refractivity contribution in [2.45, 2.75) is 18.5 Å². The quantitative estimate of drug-likeness (QED) is 0.579. The van der Waals surface area contributed by atoms with Crippen LogP contribution in [0.4, 0.5) is 5.69 Å². The van der Waals surface area contributed by atoms with Crippen molar-refractivity contribution in [1.82, 2.24) is 4.90 Å². The van der Waals surface area contributed by atoms with Gasteiger partial charge in [-0.3, -0.25) is 9.59 Å². The summed E-state index contributed by atoms with van der Waals surface area (Å²) in [5.41, 5.74) is 4.43. The normalized spacial score (nSPS) is 15.8. The highest BCUT2D eigenvalue weighted by Crippen LogP contribution is 2.39. The van der Waals surface area contributed by atoms with Crippen molar-refractivity contribution in [2.75, 3.05) is 18.2 Å². The van der Waals surface area contributed by atoms with E-state index in [9.17, 15) is 9.59 Å². The molecule has 1 atom stereocenters. The van der Waals surface area contributed by atoms with Crippen LogP contribution in [0.25, 0.3) is 0 Å². The summed E-state index contributed by atoms with van der Waals surface area (Å²) in [4.78, 5) is 27.0. The Hall–Kier alpha value is -3.09. The lowest BCUT2D eigenvalue weighted by Gasteiger charge is -2.24. The van der Waals surface area contributed by atoms with Crippen LogP contribution in [0.15, 0.2) is 78.9 Å². The minimum Gasteiger partial charge on any atom is -0.380 e. The third-order valence-electron chi connectivity index (χ3n) is 5.12. The first-order chi connectivity index (χ1) is 15.1. The van der Waals surface area contributed by atoms with Gasteiger partial charge in [-0.15, -0.1) is 11.8 Å². The zero-order valence-electron chi connectivity index (χ0n) is 17.3. The molecule has 2 amide bonds. The predicted octanol–water partition coefficient (Wildman–Crippen LogP) is 4.86. The second-order valence-corrected chi connectivity index (χ2v) is 8.45. The number of hydrogen-bond acceptors (Lipinski definition) is 4. The number of methoxy groups -OCH3 is 1. The summed E-state index contributed by atoms with van der Waals surface area (Å²) in [5.74, 6) is 0.436. The second-order valence-electron chi connectivity index (χ2n) is 7.38. The van der Waals surface area contributed by atoms with E-state index in [4.69, 9.17) is 4.74 Å². The first-order valence-electron chi connectivity index (χ1n) is 10.1. The lowest BCUT2D eigenvalue weighted by atomic mass is 10.1. The maximum Gasteiger partial charge on any atom is 0.255 e. The van der Waals surface area contributed by atoms with Crippen LogP contribution < -0.4 is 5.32 Å². The van der Waals surface area contributed by atoms with Crippen LogP contribution in [0.2, 0.25) is 0 Å². The zero-order chi connectivity index (χ0) is 21.6. The molecule has 4 rings (SSSR count). The largest absolute Gasteiger partial charge is 0.380 e. The van der Waals surface area contributed by atoms with Gasteiger partial charge in [-0.2, -0.15) is 0 Å². The van der Waals surface area contributed by atoms with Crippen LogP contribution in [-0.4, -0.2) is 29.6 Å². The number of hydrogen-bond donors (Lipinski definition) is 1. The summed E-state index contributed by atoms with van der Waals surface area (Å²) in [5, 5.41) is 2.88. The average molecular weight is 433 g/mol. The number of nitrogens with one attached hydrogen (secondary N) is 1. The van der Waals surface area contributed by atoms with Crippen molar-refractivity contribution in [3.8, 4) is 0 Å². The molecular weight excluding hydrogens is 408 g/mol. The van der Waals surface area contributed by atoms with E-state index in [1.165, 1.54) is 0 Å². The Labute approximate surface area is 186 Å². The minimum absolute atomic E-state index is 0.0458. The third kappa shape index (κ3) is 5.16. The molecule has 0 spiro atoms. The van der Waals surface area contributed by atoms with Crippen molar-refractivity contribution in [3.63, 3.8) is 0 Å². The standard InChI is InChI=1S/C25H24N2O3S/c1-30-16-19-8-5-9-22(14-19)26-24(29)20-10-12-21(13-11-20)25-27(23(28)17-31-25)15-18-6-3-2-4-7-18/h2-14,25H,15-17H2,1H3,(H,26,29). The molecule has 0 bridgehead atoms. The minimum atomic E-state index is -0.169. The molecule has 3 aromatic rings. The highest BCUT2D eigenvalue weighted by atomic mass is 32.2. The molecule has 6 heteroatoms. The molecule has 3 aromatic carbocycles. The first kappa shape index (κ1) is 21.2. The van der Waals surface area contributed by atoms with E-state index < -0.39 is 0 Å². The van der Waals surface area contributed by atoms with Crippen molar-refractivity contribution in [2.24, 2.45) is 0 Å². The third-order valence-corrected chi connectivity index (χ3v) is 6.37. The van der Waals surface area contributed by atoms with Gasteiger partial charge < -0.3 is 15.0 Å². The van der Waals surface area contributed by atoms with Gasteiger partial charge in [0.05, 0.1) is 12.4 Å². The van der Waals surface area contributed by atoms with Crippen molar-refractivity contribution in [3.05, 3.63) is 101 Å². The summed E-state index contributed by atoms with van der Waals surface area (Å²) < 4.78 is 5.15. The van der Waals surface area contributed by atoms with Crippen LogP contribution >= 0.6 is 11.8 Å². The highest BCUT2D eigenvalue weighted by Gasteiger charge is 2.32. The van der Waals surface area contributed by atoms with E-state index in [0.29, 0.717) is 24.5 Å². The molecule has 158 valence electrons. The fourth-order valence-electron chi connectivity index (χ4n) is 3.59. The molecule has 5 nitrogen and oxygen atoms in total. The Morgan fingerprint density at radius 2 is 1.77 bits per heavy atom. The van der Waals surface area contributed by atoms with Crippen LogP contribution in [0, 0.1) is 0 Å². The van der Waals surface area contributed by atoms with Crippen molar-refractivity contribution < 1.29 is 14.3 Å². The van der Waals surface area contributed by atoms with Crippen LogP contribution in [0.3, 0.4) is 0 Å². The number of amides is 2. The summed E-state index contributed by atoms with van der Waals surface area (Å²) >= 11 is 1.62. The molecule has 1 N–H and O–H groups in total. The molecular formula is C25H24N2O3S. The number of nitrogens with zero attached hydrogens (tertiary/aromatic N) is 1. The first-order valence-corrected chi connectivity index (χ1v) is 11.1. The van der Waals surface area contributed by atoms with Crippen molar-refractivity contribution >= 4 is 29.3 Å². The van der Waals surface area contributed by atoms with Crippen LogP contribution in [0.1, 0.15) is 32.4 Å². The summed E-state index contributed by atoms with van der Waals surface area (Å²) in [7, 11) is 1.64. The monoisotopic (exact) mass is 432 g/mol. The molecule has 0 aliphatic carbocycles. The van der Waals surface area contributed by atoms with Gasteiger partial charge in [0.2, 0.25) is 5.91 Å². The van der Waals surface area contributed by atoms with E-state index in [0.717, 1.165) is 22.4 Å². The smallest absolute Gasteiger partial charge is 0.255 e. The van der Waals surface area contributed by atoms with E-state index in [1.54, 1.807) is 18.9 Å². The van der Waals surface area contributed by atoms with Gasteiger partial charge in [0, 0.05) is 24.9 Å². The van der Waals surface area contributed by atoms with Crippen LogP contribution in [0.5, 0.6) is 0 Å². The number of rotatable bonds is 7. The molecule has 1 unspecified atom stereocenters. The highest BCUT2D eigenvalue weighted by molar-refractivity contribution is 8.00.